The Morgan fingerprint density at radius 1 is 0.816 bits per heavy atom. The van der Waals surface area contributed by atoms with Crippen LogP contribution in [0.15, 0.2) is 65.6 Å². The van der Waals surface area contributed by atoms with Gasteiger partial charge in [-0.3, -0.25) is 4.90 Å². The highest BCUT2D eigenvalue weighted by atomic mass is 32.2. The Labute approximate surface area is 294 Å². The summed E-state index contributed by atoms with van der Waals surface area (Å²) < 4.78 is 30.6. The van der Waals surface area contributed by atoms with Crippen LogP contribution in [-0.4, -0.2) is 95.6 Å². The van der Waals surface area contributed by atoms with Crippen LogP contribution >= 0.6 is 0 Å². The molecule has 0 radical (unpaired) electrons. The largest absolute Gasteiger partial charge is 0.444 e. The van der Waals surface area contributed by atoms with Gasteiger partial charge in [-0.25, -0.2) is 17.5 Å². The highest BCUT2D eigenvalue weighted by Gasteiger charge is 2.44. The fourth-order valence-electron chi connectivity index (χ4n) is 7.32. The zero-order chi connectivity index (χ0) is 35.7. The minimum atomic E-state index is -3.30. The first-order valence-electron chi connectivity index (χ1n) is 17.3. The van der Waals surface area contributed by atoms with Crippen molar-refractivity contribution < 1.29 is 17.9 Å². The number of piperidine rings is 1. The summed E-state index contributed by atoms with van der Waals surface area (Å²) >= 11 is 0. The first-order valence-corrected chi connectivity index (χ1v) is 18.8. The molecule has 0 unspecified atom stereocenters. The molecule has 266 valence electrons. The second-order valence-electron chi connectivity index (χ2n) is 15.3. The maximum Gasteiger partial charge on any atom is 0.410 e. The molecule has 1 amide bonds. The summed E-state index contributed by atoms with van der Waals surface area (Å²) in [5.74, 6) is 0. The number of hydrogen-bond acceptors (Lipinski definition) is 7. The van der Waals surface area contributed by atoms with E-state index < -0.39 is 15.6 Å². The van der Waals surface area contributed by atoms with E-state index in [2.05, 4.69) is 78.2 Å². The standard InChI is InChI=1S/C19H28N2O2.C11H16N2O2S.C9H11N/c1-14-6-7-16-15(12-14)19(13-20(16)5)8-10-21(11-9-19)17(22)23-18(2,3)4;1-12(2)16(14,15)10-4-5-11-9(8-10)6-7-13(11)3;1-10-6-8-4-2-3-5-9(8)7-10/h6-7,12H,8-11,13H2,1-5H3;4-5,8H,6-7H2,1-3H3;2-5H,6-7H2,1H3. The highest BCUT2D eigenvalue weighted by molar-refractivity contribution is 7.89. The first kappa shape index (κ1) is 36.7. The lowest BCUT2D eigenvalue weighted by atomic mass is 9.74. The summed E-state index contributed by atoms with van der Waals surface area (Å²) in [5.41, 5.74) is 9.12. The van der Waals surface area contributed by atoms with Gasteiger partial charge in [0.25, 0.3) is 0 Å². The Hall–Kier alpha value is -3.60. The van der Waals surface area contributed by atoms with E-state index in [0.29, 0.717) is 4.90 Å². The third-order valence-corrected chi connectivity index (χ3v) is 11.8. The number of amides is 1. The van der Waals surface area contributed by atoms with E-state index in [9.17, 15) is 13.2 Å². The van der Waals surface area contributed by atoms with Crippen molar-refractivity contribution in [2.45, 2.75) is 76.0 Å². The second kappa shape index (κ2) is 14.3. The van der Waals surface area contributed by atoms with Crippen LogP contribution in [0.25, 0.3) is 0 Å². The molecule has 9 nitrogen and oxygen atoms in total. The van der Waals surface area contributed by atoms with Crippen LogP contribution in [0.3, 0.4) is 0 Å². The predicted octanol–water partition coefficient (Wildman–Crippen LogP) is 6.27. The molecule has 1 fully saturated rings. The number of sulfonamides is 1. The lowest BCUT2D eigenvalue weighted by Gasteiger charge is -2.40. The molecule has 7 rings (SSSR count). The lowest BCUT2D eigenvalue weighted by Crippen LogP contribution is -2.48. The van der Waals surface area contributed by atoms with Gasteiger partial charge in [0.1, 0.15) is 5.60 Å². The number of likely N-dealkylation sites (tertiary alicyclic amines) is 1. The minimum absolute atomic E-state index is 0.178. The van der Waals surface area contributed by atoms with Gasteiger partial charge in [0, 0.05) is 84.2 Å². The van der Waals surface area contributed by atoms with Gasteiger partial charge in [0.15, 0.2) is 0 Å². The summed E-state index contributed by atoms with van der Waals surface area (Å²) in [6.07, 6.45) is 2.76. The average molecular weight is 690 g/mol. The molecule has 1 spiro atoms. The monoisotopic (exact) mass is 689 g/mol. The van der Waals surface area contributed by atoms with Gasteiger partial charge in [-0.2, -0.15) is 0 Å². The van der Waals surface area contributed by atoms with Crippen molar-refractivity contribution in [2.24, 2.45) is 0 Å². The average Bonchev–Trinajstić information content (AvgIpc) is 3.69. The number of benzene rings is 3. The Morgan fingerprint density at radius 3 is 2.02 bits per heavy atom. The van der Waals surface area contributed by atoms with Crippen molar-refractivity contribution >= 4 is 27.5 Å². The quantitative estimate of drug-likeness (QED) is 0.314. The van der Waals surface area contributed by atoms with Crippen LogP contribution in [0.5, 0.6) is 0 Å². The van der Waals surface area contributed by atoms with Gasteiger partial charge < -0.3 is 19.4 Å². The van der Waals surface area contributed by atoms with E-state index in [1.807, 2.05) is 38.8 Å². The van der Waals surface area contributed by atoms with Crippen molar-refractivity contribution in [1.29, 1.82) is 0 Å². The molecule has 3 aromatic carbocycles. The number of ether oxygens (including phenoxy) is 1. The van der Waals surface area contributed by atoms with Gasteiger partial charge in [0.05, 0.1) is 4.90 Å². The number of anilines is 2. The normalized spacial score (nSPS) is 18.0. The van der Waals surface area contributed by atoms with Crippen LogP contribution in [0.4, 0.5) is 16.2 Å². The lowest BCUT2D eigenvalue weighted by molar-refractivity contribution is 0.0170. The van der Waals surface area contributed by atoms with Gasteiger partial charge in [0.2, 0.25) is 10.0 Å². The summed E-state index contributed by atoms with van der Waals surface area (Å²) in [7, 11) is 6.14. The number of rotatable bonds is 2. The van der Waals surface area contributed by atoms with Crippen molar-refractivity contribution in [2.75, 3.05) is 71.2 Å². The van der Waals surface area contributed by atoms with Crippen LogP contribution in [-0.2, 0) is 39.7 Å². The van der Waals surface area contributed by atoms with E-state index in [0.717, 1.165) is 69.8 Å². The van der Waals surface area contributed by atoms with Crippen LogP contribution in [0, 0.1) is 6.92 Å². The Bertz CT molecular complexity index is 1730. The molecule has 3 aromatic rings. The zero-order valence-corrected chi connectivity index (χ0v) is 31.7. The number of fused-ring (bicyclic) bond motifs is 4. The molecule has 0 aromatic heterocycles. The van der Waals surface area contributed by atoms with Crippen molar-refractivity contribution in [3.63, 3.8) is 0 Å². The summed E-state index contributed by atoms with van der Waals surface area (Å²) in [5, 5.41) is 0. The zero-order valence-electron chi connectivity index (χ0n) is 30.9. The topological polar surface area (TPSA) is 76.6 Å². The summed E-state index contributed by atoms with van der Waals surface area (Å²) in [4.78, 5) is 21.3. The van der Waals surface area contributed by atoms with Crippen LogP contribution in [0.1, 0.15) is 61.4 Å². The third kappa shape index (κ3) is 8.24. The molecule has 4 heterocycles. The van der Waals surface area contributed by atoms with Crippen molar-refractivity contribution in [3.05, 3.63) is 88.5 Å². The SMILES string of the molecule is CN1CCc2cc(S(=O)(=O)N(C)C)ccc21.CN1Cc2ccccc2C1.Cc1ccc2c(c1)C1(CCN(C(=O)OC(C)(C)C)CC1)CN2C. The Balaban J connectivity index is 0.000000155. The summed E-state index contributed by atoms with van der Waals surface area (Å²) in [6, 6.07) is 20.7. The molecule has 0 atom stereocenters. The summed E-state index contributed by atoms with van der Waals surface area (Å²) in [6.45, 7) is 13.7. The number of carbonyl (C=O) groups is 1. The number of likely N-dealkylation sites (N-methyl/N-ethyl adjacent to an activating group) is 2. The molecule has 0 saturated carbocycles. The smallest absolute Gasteiger partial charge is 0.410 e. The molecule has 4 aliphatic heterocycles. The minimum Gasteiger partial charge on any atom is -0.444 e. The van der Waals surface area contributed by atoms with Gasteiger partial charge in [-0.15, -0.1) is 0 Å². The molecule has 10 heteroatoms. The predicted molar refractivity (Wildman–Crippen MR) is 199 cm³/mol. The van der Waals surface area contributed by atoms with Gasteiger partial charge >= 0.3 is 6.09 Å². The van der Waals surface area contributed by atoms with E-state index in [1.54, 1.807) is 26.2 Å². The number of nitrogens with zero attached hydrogens (tertiary/aromatic N) is 5. The fourth-order valence-corrected chi connectivity index (χ4v) is 8.27. The Morgan fingerprint density at radius 2 is 1.43 bits per heavy atom. The molecule has 0 aliphatic carbocycles. The molecule has 1 saturated heterocycles. The van der Waals surface area contributed by atoms with Crippen molar-refractivity contribution in [3.8, 4) is 0 Å². The highest BCUT2D eigenvalue weighted by Crippen LogP contribution is 2.46. The maximum atomic E-state index is 12.3. The second-order valence-corrected chi connectivity index (χ2v) is 17.5. The Kier molecular flexibility index (Phi) is 10.7. The van der Waals surface area contributed by atoms with E-state index in [1.165, 1.54) is 32.2 Å². The number of aryl methyl sites for hydroxylation is 1. The molecular formula is C39H55N5O4S. The van der Waals surface area contributed by atoms with Crippen LogP contribution in [0.2, 0.25) is 0 Å². The van der Waals surface area contributed by atoms with Gasteiger partial charge in [-0.05, 0) is 101 Å². The molecule has 49 heavy (non-hydrogen) atoms. The van der Waals surface area contributed by atoms with Gasteiger partial charge in [-0.1, -0.05) is 42.0 Å². The van der Waals surface area contributed by atoms with Crippen LogP contribution < -0.4 is 9.80 Å². The fraction of sp³-hybridized carbons (Fsp3) is 0.513. The van der Waals surface area contributed by atoms with E-state index in [4.69, 9.17) is 4.74 Å². The maximum absolute atomic E-state index is 12.3. The molecule has 0 bridgehead atoms. The first-order chi connectivity index (χ1) is 23.0. The van der Waals surface area contributed by atoms with Crippen molar-refractivity contribution in [1.82, 2.24) is 14.1 Å². The molecular weight excluding hydrogens is 635 g/mol. The number of hydrogen-bond donors (Lipinski definition) is 0. The number of carbonyl (C=O) groups excluding carboxylic acids is 1. The third-order valence-electron chi connectivity index (χ3n) is 10.0. The van der Waals surface area contributed by atoms with E-state index >= 15 is 0 Å². The molecule has 4 aliphatic rings. The van der Waals surface area contributed by atoms with E-state index in [-0.39, 0.29) is 11.5 Å². The molecule has 0 N–H and O–H groups in total.